The van der Waals surface area contributed by atoms with Gasteiger partial charge in [-0.15, -0.1) is 0 Å². The second kappa shape index (κ2) is 8.07. The summed E-state index contributed by atoms with van der Waals surface area (Å²) in [5.74, 6) is -0.0378. The number of aryl methyl sites for hydroxylation is 1. The van der Waals surface area contributed by atoms with Gasteiger partial charge in [-0.3, -0.25) is 14.3 Å². The largest absolute Gasteiger partial charge is 0.495 e. The number of nitrogens with zero attached hydrogens (tertiary/aromatic N) is 4. The quantitative estimate of drug-likeness (QED) is 0.560. The molecule has 1 aromatic carbocycles. The third kappa shape index (κ3) is 3.80. The van der Waals surface area contributed by atoms with Crippen LogP contribution in [0.5, 0.6) is 5.75 Å². The highest BCUT2D eigenvalue weighted by Gasteiger charge is 2.30. The number of aromatic nitrogens is 3. The number of carbonyl (C=O) groups excluding carboxylic acids is 2. The number of Topliss-reactive ketones (excluding diaryl/α,β-unsaturated/α-hetero) is 1. The number of rotatable bonds is 7. The van der Waals surface area contributed by atoms with Crippen molar-refractivity contribution in [1.29, 1.82) is 5.26 Å². The van der Waals surface area contributed by atoms with Crippen molar-refractivity contribution in [3.63, 3.8) is 0 Å². The van der Waals surface area contributed by atoms with Crippen LogP contribution in [0.25, 0.3) is 10.9 Å². The number of ketones is 1. The van der Waals surface area contributed by atoms with E-state index < -0.39 is 19.1 Å². The van der Waals surface area contributed by atoms with Gasteiger partial charge in [0.1, 0.15) is 17.6 Å². The molecule has 1 aliphatic rings. The number of hydrogen-bond acceptors (Lipinski definition) is 7. The number of fused-ring (bicyclic) bond motifs is 1. The first kappa shape index (κ1) is 16.8. The highest BCUT2D eigenvalue weighted by atomic mass is 16.5. The van der Waals surface area contributed by atoms with Crippen molar-refractivity contribution in [2.24, 2.45) is 13.0 Å². The van der Waals surface area contributed by atoms with E-state index in [4.69, 9.17) is 8.85 Å². The Balaban J connectivity index is 1.80. The minimum atomic E-state index is -2.46. The van der Waals surface area contributed by atoms with E-state index in [1.807, 2.05) is 0 Å². The first-order valence-corrected chi connectivity index (χ1v) is 9.66. The molecule has 0 spiro atoms. The van der Waals surface area contributed by atoms with Crippen LogP contribution >= 0.6 is 0 Å². The van der Waals surface area contributed by atoms with Crippen LogP contribution in [0.4, 0.5) is 17.3 Å². The Morgan fingerprint density at radius 3 is 2.90 bits per heavy atom. The van der Waals surface area contributed by atoms with E-state index in [2.05, 4.69) is 26.8 Å². The Morgan fingerprint density at radius 2 is 2.23 bits per heavy atom. The number of amides is 1. The minimum absolute atomic E-state index is 0.0368. The van der Waals surface area contributed by atoms with E-state index >= 15 is 0 Å². The summed E-state index contributed by atoms with van der Waals surface area (Å²) in [6.07, 6.45) is 2.18. The third-order valence-corrected chi connectivity index (χ3v) is 5.11. The van der Waals surface area contributed by atoms with Crippen LogP contribution in [0.3, 0.4) is 0 Å². The fourth-order valence-corrected chi connectivity index (χ4v) is 3.36. The lowest BCUT2D eigenvalue weighted by Gasteiger charge is -2.13. The second-order valence-electron chi connectivity index (χ2n) is 7.23. The molecule has 2 aromatic heterocycles. The Morgan fingerprint density at radius 1 is 1.42 bits per heavy atom. The summed E-state index contributed by atoms with van der Waals surface area (Å²) < 4.78 is 29.4. The van der Waals surface area contributed by atoms with Gasteiger partial charge in [0.05, 0.1) is 34.8 Å². The van der Waals surface area contributed by atoms with Crippen LogP contribution in [0.2, 0.25) is 0 Å². The van der Waals surface area contributed by atoms with E-state index in [0.717, 1.165) is 12.8 Å². The molecule has 1 fully saturated rings. The topological polar surface area (TPSA) is 122 Å². The number of pyridine rings is 1. The predicted octanol–water partition coefficient (Wildman–Crippen LogP) is 3.53. The molecule has 4 rings (SSSR count). The Labute approximate surface area is 183 Å². The van der Waals surface area contributed by atoms with Gasteiger partial charge in [-0.2, -0.15) is 10.4 Å². The van der Waals surface area contributed by atoms with Gasteiger partial charge in [-0.05, 0) is 25.0 Å². The summed E-state index contributed by atoms with van der Waals surface area (Å²) in [5.41, 5.74) is 1.23. The first-order chi connectivity index (χ1) is 16.1. The molecule has 9 nitrogen and oxygen atoms in total. The molecule has 0 aliphatic heterocycles. The maximum atomic E-state index is 12.8. The monoisotopic (exact) mass is 421 g/mol. The van der Waals surface area contributed by atoms with Gasteiger partial charge >= 0.3 is 0 Å². The molecule has 158 valence electrons. The van der Waals surface area contributed by atoms with Crippen molar-refractivity contribution >= 4 is 39.9 Å². The van der Waals surface area contributed by atoms with Crippen LogP contribution in [0, 0.1) is 17.2 Å². The predicted molar refractivity (Wildman–Crippen MR) is 115 cm³/mol. The number of carbonyl (C=O) groups is 2. The number of benzene rings is 1. The van der Waals surface area contributed by atoms with Gasteiger partial charge in [0.25, 0.3) is 0 Å². The lowest BCUT2D eigenvalue weighted by molar-refractivity contribution is -0.117. The number of hydrogen-bond donors (Lipinski definition) is 2. The highest BCUT2D eigenvalue weighted by molar-refractivity contribution is 6.05. The number of methoxy groups -OCH3 is 1. The van der Waals surface area contributed by atoms with Crippen molar-refractivity contribution in [2.45, 2.75) is 26.1 Å². The molecule has 31 heavy (non-hydrogen) atoms. The molecule has 0 radical (unpaired) electrons. The van der Waals surface area contributed by atoms with Crippen LogP contribution in [0.1, 0.15) is 46.1 Å². The standard InChI is InChI=1S/C22H22N6O3/c1-4-17(29)14-11-24-18(26-22(30)12-5-6-12)9-15(14)25-21-19-16(28(2)27-21)8-7-13(10-23)20(19)31-3/h7-9,11-12H,4-6H2,1-3H3,(H2,24,25,26,27,30)/i1D3. The Kier molecular flexibility index (Phi) is 4.38. The smallest absolute Gasteiger partial charge is 0.228 e. The van der Waals surface area contributed by atoms with Gasteiger partial charge in [0, 0.05) is 35.8 Å². The zero-order valence-electron chi connectivity index (χ0n) is 20.0. The Bertz CT molecular complexity index is 1340. The molecule has 0 saturated heterocycles. The zero-order chi connectivity index (χ0) is 24.6. The highest BCUT2D eigenvalue weighted by Crippen LogP contribution is 2.37. The molecule has 1 amide bonds. The maximum absolute atomic E-state index is 12.8. The summed E-state index contributed by atoms with van der Waals surface area (Å²) in [4.78, 5) is 29.1. The van der Waals surface area contributed by atoms with Gasteiger partial charge in [-0.1, -0.05) is 6.85 Å². The fraction of sp³-hybridized carbons (Fsp3) is 0.318. The number of nitrogens with one attached hydrogen (secondary N) is 2. The van der Waals surface area contributed by atoms with Gasteiger partial charge in [0.15, 0.2) is 11.6 Å². The molecule has 2 heterocycles. The first-order valence-electron chi connectivity index (χ1n) is 11.2. The average molecular weight is 421 g/mol. The third-order valence-electron chi connectivity index (χ3n) is 5.11. The molecule has 0 atom stereocenters. The SMILES string of the molecule is [2H]C([2H])([2H])CC(=O)c1cnc(NC(=O)C2CC2)cc1Nc1nn(C)c2ccc(C#N)c(OC)c12. The van der Waals surface area contributed by atoms with Crippen LogP contribution in [0.15, 0.2) is 24.4 Å². The second-order valence-corrected chi connectivity index (χ2v) is 7.23. The van der Waals surface area contributed by atoms with Crippen molar-refractivity contribution in [2.75, 3.05) is 17.7 Å². The normalized spacial score (nSPS) is 14.8. The molecule has 2 N–H and O–H groups in total. The summed E-state index contributed by atoms with van der Waals surface area (Å²) in [7, 11) is 3.16. The molecule has 1 aliphatic carbocycles. The van der Waals surface area contributed by atoms with Crippen molar-refractivity contribution in [3.8, 4) is 11.8 Å². The molecule has 1 saturated carbocycles. The summed E-state index contributed by atoms with van der Waals surface area (Å²) in [5, 5.41) is 20.2. The van der Waals surface area contributed by atoms with Crippen LogP contribution < -0.4 is 15.4 Å². The molecule has 0 bridgehead atoms. The van der Waals surface area contributed by atoms with E-state index in [-0.39, 0.29) is 28.9 Å². The number of ether oxygens (including phenoxy) is 1. The molecule has 3 aromatic rings. The molecule has 9 heteroatoms. The fourth-order valence-electron chi connectivity index (χ4n) is 3.36. The van der Waals surface area contributed by atoms with Crippen LogP contribution in [-0.4, -0.2) is 33.6 Å². The summed E-state index contributed by atoms with van der Waals surface area (Å²) >= 11 is 0. The Hall–Kier alpha value is -3.93. The number of anilines is 3. The van der Waals surface area contributed by atoms with Gasteiger partial charge in [-0.25, -0.2) is 4.98 Å². The lowest BCUT2D eigenvalue weighted by Crippen LogP contribution is -2.15. The molecular weight excluding hydrogens is 396 g/mol. The van der Waals surface area contributed by atoms with E-state index in [1.54, 1.807) is 23.9 Å². The average Bonchev–Trinajstić information content (AvgIpc) is 3.57. The summed E-state index contributed by atoms with van der Waals surface area (Å²) in [6, 6.07) is 6.89. The van der Waals surface area contributed by atoms with Crippen molar-refractivity contribution < 1.29 is 18.4 Å². The summed E-state index contributed by atoms with van der Waals surface area (Å²) in [6.45, 7) is -2.46. The van der Waals surface area contributed by atoms with E-state index in [1.165, 1.54) is 19.4 Å². The molecule has 0 unspecified atom stereocenters. The molecular formula is C22H22N6O3. The number of nitriles is 1. The van der Waals surface area contributed by atoms with E-state index in [0.29, 0.717) is 28.0 Å². The van der Waals surface area contributed by atoms with Gasteiger partial charge < -0.3 is 15.4 Å². The maximum Gasteiger partial charge on any atom is 0.228 e. The van der Waals surface area contributed by atoms with Gasteiger partial charge in [0.2, 0.25) is 5.91 Å². The van der Waals surface area contributed by atoms with E-state index in [9.17, 15) is 14.9 Å². The minimum Gasteiger partial charge on any atom is -0.495 e. The zero-order valence-corrected chi connectivity index (χ0v) is 17.0. The van der Waals surface area contributed by atoms with Crippen LogP contribution in [-0.2, 0) is 11.8 Å². The van der Waals surface area contributed by atoms with Crippen molar-refractivity contribution in [3.05, 3.63) is 35.5 Å². The lowest BCUT2D eigenvalue weighted by atomic mass is 10.1. The van der Waals surface area contributed by atoms with Crippen molar-refractivity contribution in [1.82, 2.24) is 14.8 Å².